The van der Waals surface area contributed by atoms with Crippen molar-refractivity contribution in [2.45, 2.75) is 153 Å². The van der Waals surface area contributed by atoms with E-state index in [0.717, 1.165) is 42.7 Å². The molecule has 5 rings (SSSR count). The lowest BCUT2D eigenvalue weighted by Gasteiger charge is -2.51. The second kappa shape index (κ2) is 30.7. The van der Waals surface area contributed by atoms with Gasteiger partial charge in [0.1, 0.15) is 91.6 Å². The number of methoxy groups -OCH3 is 6. The molecule has 0 aromatic carbocycles. The molecular weight excluding hydrogens is 1360 g/mol. The van der Waals surface area contributed by atoms with Crippen LogP contribution >= 0.6 is 0 Å². The summed E-state index contributed by atoms with van der Waals surface area (Å²) >= 11 is 0. The van der Waals surface area contributed by atoms with E-state index in [1.165, 1.54) is 0 Å². The fraction of sp³-hybridized carbons (Fsp3) is 0.944. The largest absolute Gasteiger partial charge is 0.479 e. The first-order chi connectivity index (χ1) is 40.5. The van der Waals surface area contributed by atoms with Crippen molar-refractivity contribution in [2.24, 2.45) is 5.73 Å². The average molecular weight is 1420 g/mol. The predicted molar refractivity (Wildman–Crippen MR) is 261 cm³/mol. The van der Waals surface area contributed by atoms with Crippen molar-refractivity contribution < 1.29 is 204 Å². The van der Waals surface area contributed by atoms with Crippen LogP contribution in [0.4, 0.5) is 0 Å². The van der Waals surface area contributed by atoms with Crippen LogP contribution in [0, 0.1) is 0 Å². The summed E-state index contributed by atoms with van der Waals surface area (Å²) < 4.78 is 313. The minimum atomic E-state index is -6.15. The molecule has 5 aliphatic heterocycles. The number of aliphatic hydroxyl groups excluding tert-OH is 2. The third-order valence-electron chi connectivity index (χ3n) is 13.0. The quantitative estimate of drug-likeness (QED) is 0.0287. The van der Waals surface area contributed by atoms with Gasteiger partial charge in [-0.1, -0.05) is 0 Å². The number of rotatable bonds is 31. The maximum Gasteiger partial charge on any atom is 0.397 e. The summed E-state index contributed by atoms with van der Waals surface area (Å²) in [6, 6.07) is -1.73. The summed E-state index contributed by atoms with van der Waals surface area (Å²) in [6.45, 7) is -4.16. The van der Waals surface area contributed by atoms with Crippen molar-refractivity contribution in [3.63, 3.8) is 0 Å². The zero-order valence-corrected chi connectivity index (χ0v) is 50.2. The Hall–Kier alpha value is -2.56. The van der Waals surface area contributed by atoms with E-state index >= 15 is 0 Å². The van der Waals surface area contributed by atoms with E-state index in [0.29, 0.717) is 0 Å². The fourth-order valence-corrected chi connectivity index (χ4v) is 12.0. The molecule has 0 aliphatic carbocycles. The lowest BCUT2D eigenvalue weighted by molar-refractivity contribution is -0.386. The highest BCUT2D eigenvalue weighted by Crippen LogP contribution is 2.40. The molecule has 0 amide bonds. The molecule has 46 nitrogen and oxygen atoms in total. The Morgan fingerprint density at radius 3 is 1.02 bits per heavy atom. The van der Waals surface area contributed by atoms with Crippen LogP contribution in [0.15, 0.2) is 0 Å². The van der Waals surface area contributed by atoms with E-state index in [4.69, 9.17) is 85.2 Å². The van der Waals surface area contributed by atoms with Crippen molar-refractivity contribution >= 4 is 74.3 Å². The third kappa shape index (κ3) is 20.5. The van der Waals surface area contributed by atoms with Crippen molar-refractivity contribution in [3.8, 4) is 0 Å². The van der Waals surface area contributed by atoms with Crippen LogP contribution in [0.25, 0.3) is 0 Å². The van der Waals surface area contributed by atoms with Crippen LogP contribution < -0.4 is 5.73 Å². The predicted octanol–water partition coefficient (Wildman–Crippen LogP) is -8.89. The minimum absolute atomic E-state index is 0.787. The van der Waals surface area contributed by atoms with Crippen LogP contribution in [0.1, 0.15) is 0 Å². The van der Waals surface area contributed by atoms with Gasteiger partial charge in [-0.25, -0.2) is 34.7 Å². The Morgan fingerprint density at radius 1 is 0.364 bits per heavy atom. The molecule has 0 unspecified atom stereocenters. The second-order valence-corrected chi connectivity index (χ2v) is 24.9. The van der Waals surface area contributed by atoms with Crippen LogP contribution in [-0.4, -0.2) is 326 Å². The zero-order valence-electron chi connectivity index (χ0n) is 45.3. The Labute approximate surface area is 498 Å². The molecule has 5 heterocycles. The highest BCUT2D eigenvalue weighted by Gasteiger charge is 2.62. The number of aliphatic hydroxyl groups is 2. The van der Waals surface area contributed by atoms with Crippen molar-refractivity contribution in [3.05, 3.63) is 0 Å². The molecule has 52 heteroatoms. The Morgan fingerprint density at radius 2 is 0.659 bits per heavy atom. The Balaban J connectivity index is 1.59. The molecule has 0 aromatic rings. The standard InChI is InChI=1S/C36H61NO45S6/c1-62-15-10(7-68-83(44,45)46)72-33(13(37)14(15)38)76-21-19(64-3)27(66-5)35(78-24(21)30(39)40)75-17-12(9-70-85(50,51)52)73-36(29(82-88(59,60)61)23(17)80-86(53,54)55)77-22-20(65-4)28(67-6)34(79-25(22)31(41)42)74-16-11(8-69-84(47,48)49)71-32(43)26(18(16)63-2)81-87(56,57)58/h10-29,32-36,38,43H,7-9,37H2,1-6H3,(H,39,40)(H,41,42)(H,44,45,46)(H,47,48,49)(H,50,51,52)(H,53,54,55)(H,56,57,58)(H,59,60,61)/t10-,11-,12-,13-,14-,15-,16-,17-,18+,19+,20+,21+,22+,23+,24+,25+,26-,27-,28-,29-,32+,33-,34+,35+,36-/m1/s1. The van der Waals surface area contributed by atoms with E-state index in [1.54, 1.807) is 0 Å². The van der Waals surface area contributed by atoms with Crippen LogP contribution in [0.5, 0.6) is 0 Å². The minimum Gasteiger partial charge on any atom is -0.479 e. The highest BCUT2D eigenvalue weighted by atomic mass is 32.3. The number of carbonyl (C=O) groups is 2. The van der Waals surface area contributed by atoms with Gasteiger partial charge in [0.25, 0.3) is 0 Å². The van der Waals surface area contributed by atoms with Gasteiger partial charge >= 0.3 is 74.3 Å². The summed E-state index contributed by atoms with van der Waals surface area (Å²) in [6.07, 6.45) is -55.5. The summed E-state index contributed by atoms with van der Waals surface area (Å²) in [5, 5.41) is 42.8. The molecule has 0 radical (unpaired) electrons. The normalized spacial score (nSPS) is 39.2. The summed E-state index contributed by atoms with van der Waals surface area (Å²) in [4.78, 5) is 26.3. The summed E-state index contributed by atoms with van der Waals surface area (Å²) in [5.74, 6) is -4.18. The first-order valence-electron chi connectivity index (χ1n) is 23.9. The molecule has 0 spiro atoms. The number of carboxylic acids is 2. The van der Waals surface area contributed by atoms with Gasteiger partial charge in [-0.3, -0.25) is 27.3 Å². The van der Waals surface area contributed by atoms with Gasteiger partial charge in [0.2, 0.25) is 0 Å². The maximum atomic E-state index is 13.2. The smallest absolute Gasteiger partial charge is 0.397 e. The molecule has 5 aliphatic rings. The molecule has 25 atom stereocenters. The van der Waals surface area contributed by atoms with Gasteiger partial charge in [-0.2, -0.15) is 50.5 Å². The fourth-order valence-electron chi connectivity index (χ4n) is 9.62. The van der Waals surface area contributed by atoms with E-state index < -0.39 is 248 Å². The highest BCUT2D eigenvalue weighted by molar-refractivity contribution is 7.82. The van der Waals surface area contributed by atoms with E-state index in [9.17, 15) is 108 Å². The molecule has 5 saturated heterocycles. The molecule has 88 heavy (non-hydrogen) atoms. The lowest BCUT2D eigenvalue weighted by atomic mass is 9.94. The van der Waals surface area contributed by atoms with Crippen LogP contribution in [-0.2, 0) is 168 Å². The van der Waals surface area contributed by atoms with Crippen molar-refractivity contribution in [2.75, 3.05) is 62.5 Å². The first-order valence-corrected chi connectivity index (χ1v) is 32.1. The van der Waals surface area contributed by atoms with Crippen LogP contribution in [0.3, 0.4) is 0 Å². The molecule has 0 aromatic heterocycles. The number of nitrogens with two attached hydrogens (primary N) is 1. The van der Waals surface area contributed by atoms with Gasteiger partial charge in [0.05, 0.1) is 25.9 Å². The first kappa shape index (κ1) is 76.2. The number of hydrogen-bond donors (Lipinski definition) is 11. The number of carboxylic acid groups (broad SMARTS) is 2. The molecule has 0 bridgehead atoms. The van der Waals surface area contributed by atoms with Crippen molar-refractivity contribution in [1.82, 2.24) is 0 Å². The van der Waals surface area contributed by atoms with E-state index in [2.05, 4.69) is 16.7 Å². The second-order valence-electron chi connectivity index (χ2n) is 18.5. The zero-order chi connectivity index (χ0) is 66.6. The monoisotopic (exact) mass is 1420 g/mol. The Bertz CT molecular complexity index is 3030. The number of aliphatic carboxylic acids is 2. The van der Waals surface area contributed by atoms with Crippen molar-refractivity contribution in [1.29, 1.82) is 0 Å². The third-order valence-corrected chi connectivity index (χ3v) is 15.7. The SMILES string of the molecule is CO[C@@H]1[C@@H](OC)[C@@H](O[C@H]2[C@H](OS(=O)(=O)O)[C@@H](OS(=O)(=O)O)[C@@H](O[C@H]3[C@H](OC)[C@@H](OC)[C@@H](O[C@H]4[C@H](OC)[C@@H](OS(=O)(=O)O)[C@@H](O)O[C@@H]4COS(=O)(=O)O)O[C@@H]3C(=O)O)O[C@@H]2COS(=O)(=O)O)O[C@H](C(=O)O)[C@H]1O[C@H]1O[C@H](COS(=O)(=O)O)[C@@H](OC)[C@H](O)[C@H]1N. The van der Waals surface area contributed by atoms with Gasteiger partial charge < -0.3 is 97.2 Å². The number of ether oxygens (including phenoxy) is 15. The average Bonchev–Trinajstić information content (AvgIpc) is 0.789. The van der Waals surface area contributed by atoms with Gasteiger partial charge in [0, 0.05) is 42.7 Å². The molecule has 12 N–H and O–H groups in total. The molecule has 516 valence electrons. The lowest BCUT2D eigenvalue weighted by Crippen LogP contribution is -2.70. The maximum absolute atomic E-state index is 13.2. The van der Waals surface area contributed by atoms with Gasteiger partial charge in [-0.15, -0.1) is 0 Å². The Kier molecular flexibility index (Phi) is 26.5. The number of hydrogen-bond acceptors (Lipinski definition) is 38. The molecule has 0 saturated carbocycles. The van der Waals surface area contributed by atoms with Gasteiger partial charge in [0.15, 0.2) is 55.9 Å². The summed E-state index contributed by atoms with van der Waals surface area (Å²) in [7, 11) is -29.0. The van der Waals surface area contributed by atoms with Crippen LogP contribution in [0.2, 0.25) is 0 Å². The summed E-state index contributed by atoms with van der Waals surface area (Å²) in [5.41, 5.74) is 6.15. The van der Waals surface area contributed by atoms with Gasteiger partial charge in [-0.05, 0) is 0 Å². The molecule has 5 fully saturated rings. The topological polar surface area (TPSA) is 661 Å². The van der Waals surface area contributed by atoms with E-state index in [1.807, 2.05) is 0 Å². The molecular formula is C36H61NO45S6. The van der Waals surface area contributed by atoms with E-state index in [-0.39, 0.29) is 0 Å².